The number of aromatic nitrogens is 4. The van der Waals surface area contributed by atoms with Crippen LogP contribution in [0.1, 0.15) is 50.4 Å². The minimum absolute atomic E-state index is 0. The Balaban J connectivity index is 0.00000208. The van der Waals surface area contributed by atoms with Gasteiger partial charge in [0.05, 0.1) is 12.1 Å². The highest BCUT2D eigenvalue weighted by Crippen LogP contribution is 2.34. The molecule has 8 nitrogen and oxygen atoms in total. The second-order valence-corrected chi connectivity index (χ2v) is 6.23. The second kappa shape index (κ2) is 7.31. The molecule has 3 rings (SSSR count). The van der Waals surface area contributed by atoms with Gasteiger partial charge in [0.2, 0.25) is 11.8 Å². The fourth-order valence-corrected chi connectivity index (χ4v) is 2.97. The Morgan fingerprint density at radius 2 is 2.21 bits per heavy atom. The van der Waals surface area contributed by atoms with E-state index in [1.165, 1.54) is 0 Å². The molecular weight excluding hydrogens is 332 g/mol. The molecule has 1 amide bonds. The Hall–Kier alpha value is -1.93. The molecule has 1 aliphatic rings. The number of rotatable bonds is 5. The summed E-state index contributed by atoms with van der Waals surface area (Å²) in [6.45, 7) is 2.06. The second-order valence-electron chi connectivity index (χ2n) is 6.23. The van der Waals surface area contributed by atoms with Crippen LogP contribution in [0.25, 0.3) is 0 Å². The summed E-state index contributed by atoms with van der Waals surface area (Å²) >= 11 is 0. The van der Waals surface area contributed by atoms with E-state index in [2.05, 4.69) is 15.2 Å². The lowest BCUT2D eigenvalue weighted by Crippen LogP contribution is -2.35. The van der Waals surface area contributed by atoms with Crippen LogP contribution in [0.4, 0.5) is 0 Å². The number of carbonyl (C=O) groups is 1. The average Bonchev–Trinajstić information content (AvgIpc) is 3.27. The molecule has 2 N–H and O–H groups in total. The first-order chi connectivity index (χ1) is 11.0. The van der Waals surface area contributed by atoms with Gasteiger partial charge in [-0.2, -0.15) is 10.1 Å². The van der Waals surface area contributed by atoms with Crippen LogP contribution in [0.15, 0.2) is 23.0 Å². The first kappa shape index (κ1) is 18.4. The molecule has 1 aliphatic carbocycles. The molecule has 0 spiro atoms. The number of hydrogen-bond acceptors (Lipinski definition) is 6. The van der Waals surface area contributed by atoms with E-state index in [1.807, 2.05) is 0 Å². The van der Waals surface area contributed by atoms with E-state index in [1.54, 1.807) is 42.0 Å². The maximum absolute atomic E-state index is 12.4. The number of nitrogens with two attached hydrogens (primary N) is 1. The Bertz CT molecular complexity index is 665. The zero-order chi connectivity index (χ0) is 16.4. The summed E-state index contributed by atoms with van der Waals surface area (Å²) in [5, 5.41) is 8.10. The van der Waals surface area contributed by atoms with Crippen LogP contribution in [-0.4, -0.2) is 37.8 Å². The minimum atomic E-state index is -0.479. The topological polar surface area (TPSA) is 103 Å². The first-order valence-corrected chi connectivity index (χ1v) is 7.86. The molecule has 1 fully saturated rings. The molecule has 0 bridgehead atoms. The molecule has 1 saturated carbocycles. The Morgan fingerprint density at radius 1 is 1.50 bits per heavy atom. The van der Waals surface area contributed by atoms with Crippen molar-refractivity contribution in [3.05, 3.63) is 30.2 Å². The van der Waals surface area contributed by atoms with Crippen molar-refractivity contribution in [2.24, 2.45) is 5.73 Å². The van der Waals surface area contributed by atoms with Crippen molar-refractivity contribution in [2.45, 2.75) is 50.7 Å². The van der Waals surface area contributed by atoms with Crippen LogP contribution in [-0.2, 0) is 16.9 Å². The summed E-state index contributed by atoms with van der Waals surface area (Å²) in [5.41, 5.74) is 5.84. The predicted molar refractivity (Wildman–Crippen MR) is 89.3 cm³/mol. The van der Waals surface area contributed by atoms with Gasteiger partial charge in [-0.25, -0.2) is 0 Å². The zero-order valence-corrected chi connectivity index (χ0v) is 14.7. The molecule has 2 aromatic rings. The highest BCUT2D eigenvalue weighted by molar-refractivity contribution is 5.85. The van der Waals surface area contributed by atoms with Crippen molar-refractivity contribution in [3.8, 4) is 0 Å². The highest BCUT2D eigenvalue weighted by atomic mass is 35.5. The van der Waals surface area contributed by atoms with Crippen molar-refractivity contribution < 1.29 is 9.32 Å². The number of likely N-dealkylation sites (N-methyl/N-ethyl adjacent to an activating group) is 1. The fraction of sp³-hybridized carbons (Fsp3) is 0.600. The molecule has 132 valence electrons. The summed E-state index contributed by atoms with van der Waals surface area (Å²) in [4.78, 5) is 18.4. The smallest absolute Gasteiger partial charge is 0.247 e. The molecule has 0 saturated heterocycles. The highest BCUT2D eigenvalue weighted by Gasteiger charge is 2.36. The summed E-state index contributed by atoms with van der Waals surface area (Å²) in [5.74, 6) is 0.878. The van der Waals surface area contributed by atoms with Gasteiger partial charge in [-0.1, -0.05) is 18.0 Å². The fourth-order valence-electron chi connectivity index (χ4n) is 2.97. The molecule has 9 heteroatoms. The molecule has 0 aliphatic heterocycles. The lowest BCUT2D eigenvalue weighted by Gasteiger charge is -2.20. The molecule has 1 atom stereocenters. The minimum Gasteiger partial charge on any atom is -0.337 e. The van der Waals surface area contributed by atoms with Gasteiger partial charge in [0, 0.05) is 19.4 Å². The number of nitrogens with zero attached hydrogens (tertiary/aromatic N) is 5. The van der Waals surface area contributed by atoms with Gasteiger partial charge in [0.15, 0.2) is 5.82 Å². The van der Waals surface area contributed by atoms with Gasteiger partial charge in [-0.05, 0) is 25.8 Å². The van der Waals surface area contributed by atoms with Crippen molar-refractivity contribution in [2.75, 3.05) is 7.05 Å². The van der Waals surface area contributed by atoms with Gasteiger partial charge in [-0.15, -0.1) is 12.4 Å². The number of hydrogen-bond donors (Lipinski definition) is 1. The van der Waals surface area contributed by atoms with Gasteiger partial charge < -0.3 is 15.2 Å². The molecule has 0 aromatic carbocycles. The summed E-state index contributed by atoms with van der Waals surface area (Å²) in [7, 11) is 1.71. The maximum atomic E-state index is 12.4. The predicted octanol–water partition coefficient (Wildman–Crippen LogP) is 1.64. The van der Waals surface area contributed by atoms with Gasteiger partial charge >= 0.3 is 0 Å². The van der Waals surface area contributed by atoms with Gasteiger partial charge in [0.1, 0.15) is 6.04 Å². The van der Waals surface area contributed by atoms with E-state index >= 15 is 0 Å². The SMILES string of the molecule is CC(C(=O)N(C)Cc1nc(C2(N)CCCC2)no1)n1cccn1.Cl. The zero-order valence-electron chi connectivity index (χ0n) is 13.9. The third kappa shape index (κ3) is 3.59. The number of carbonyl (C=O) groups excluding carboxylic acids is 1. The Kier molecular flexibility index (Phi) is 5.61. The molecule has 2 aromatic heterocycles. The summed E-state index contributed by atoms with van der Waals surface area (Å²) in [6, 6.07) is 1.41. The first-order valence-electron chi connectivity index (χ1n) is 7.86. The lowest BCUT2D eigenvalue weighted by atomic mass is 9.99. The molecule has 1 unspecified atom stereocenters. The lowest BCUT2D eigenvalue weighted by molar-refractivity contribution is -0.134. The number of halogens is 1. The van der Waals surface area contributed by atoms with Gasteiger partial charge in [-0.3, -0.25) is 9.48 Å². The standard InChI is InChI=1S/C15H22N6O2.ClH/c1-11(21-9-5-8-17-21)13(22)20(2)10-12-18-14(19-23-12)15(16)6-3-4-7-15;/h5,8-9,11H,3-4,6-7,10,16H2,1-2H3;1H. The summed E-state index contributed by atoms with van der Waals surface area (Å²) in [6.07, 6.45) is 7.32. The third-order valence-corrected chi connectivity index (χ3v) is 4.44. The number of amides is 1. The largest absolute Gasteiger partial charge is 0.337 e. The van der Waals surface area contributed by atoms with Crippen LogP contribution in [0.3, 0.4) is 0 Å². The van der Waals surface area contributed by atoms with Crippen LogP contribution in [0.5, 0.6) is 0 Å². The van der Waals surface area contributed by atoms with Crippen molar-refractivity contribution >= 4 is 18.3 Å². The van der Waals surface area contributed by atoms with E-state index in [-0.39, 0.29) is 30.9 Å². The van der Waals surface area contributed by atoms with Crippen LogP contribution in [0, 0.1) is 0 Å². The third-order valence-electron chi connectivity index (χ3n) is 4.44. The Labute approximate surface area is 146 Å². The van der Waals surface area contributed by atoms with Gasteiger partial charge in [0.25, 0.3) is 0 Å². The maximum Gasteiger partial charge on any atom is 0.247 e. The van der Waals surface area contributed by atoms with E-state index in [4.69, 9.17) is 10.3 Å². The Morgan fingerprint density at radius 3 is 2.83 bits per heavy atom. The monoisotopic (exact) mass is 354 g/mol. The van der Waals surface area contributed by atoms with Crippen LogP contribution >= 0.6 is 12.4 Å². The molecule has 0 radical (unpaired) electrons. The van der Waals surface area contributed by atoms with Crippen molar-refractivity contribution in [1.29, 1.82) is 0 Å². The average molecular weight is 355 g/mol. The van der Waals surface area contributed by atoms with E-state index in [9.17, 15) is 4.79 Å². The van der Waals surface area contributed by atoms with Crippen LogP contribution < -0.4 is 5.73 Å². The quantitative estimate of drug-likeness (QED) is 0.875. The van der Waals surface area contributed by atoms with E-state index in [0.29, 0.717) is 11.7 Å². The normalized spacial score (nSPS) is 17.3. The van der Waals surface area contributed by atoms with Crippen molar-refractivity contribution in [3.63, 3.8) is 0 Å². The molecule has 2 heterocycles. The van der Waals surface area contributed by atoms with E-state index in [0.717, 1.165) is 25.7 Å². The summed E-state index contributed by atoms with van der Waals surface area (Å²) < 4.78 is 6.89. The van der Waals surface area contributed by atoms with E-state index < -0.39 is 5.54 Å². The van der Waals surface area contributed by atoms with Crippen LogP contribution in [0.2, 0.25) is 0 Å². The molecule has 24 heavy (non-hydrogen) atoms. The molecular formula is C15H23ClN6O2. The van der Waals surface area contributed by atoms with Crippen molar-refractivity contribution in [1.82, 2.24) is 24.8 Å².